The van der Waals surface area contributed by atoms with Crippen LogP contribution in [0.15, 0.2) is 29.3 Å². The Morgan fingerprint density at radius 2 is 2.15 bits per heavy atom. The second kappa shape index (κ2) is 6.08. The molecule has 1 unspecified atom stereocenters. The molecule has 6 heteroatoms. The summed E-state index contributed by atoms with van der Waals surface area (Å²) < 4.78 is 37.8. The summed E-state index contributed by atoms with van der Waals surface area (Å²) >= 11 is 1.66. The van der Waals surface area contributed by atoms with Gasteiger partial charge in [-0.05, 0) is 23.6 Å². The number of rotatable bonds is 3. The van der Waals surface area contributed by atoms with Crippen molar-refractivity contribution in [3.8, 4) is 0 Å². The first-order valence-corrected chi connectivity index (χ1v) is 7.35. The van der Waals surface area contributed by atoms with E-state index in [0.29, 0.717) is 23.3 Å². The summed E-state index contributed by atoms with van der Waals surface area (Å²) in [6.45, 7) is 5.42. The molecule has 1 aromatic carbocycles. The number of nitrogens with one attached hydrogen (secondary N) is 1. The summed E-state index contributed by atoms with van der Waals surface area (Å²) in [7, 11) is 0. The molecule has 0 aromatic heterocycles. The van der Waals surface area contributed by atoms with Crippen LogP contribution in [0.2, 0.25) is 0 Å². The fraction of sp³-hybridized carbons (Fsp3) is 0.500. The van der Waals surface area contributed by atoms with Gasteiger partial charge in [-0.2, -0.15) is 13.2 Å². The quantitative estimate of drug-likeness (QED) is 0.915. The highest BCUT2D eigenvalue weighted by atomic mass is 32.2. The third-order valence-electron chi connectivity index (χ3n) is 3.12. The Labute approximate surface area is 120 Å². The molecule has 2 rings (SSSR count). The van der Waals surface area contributed by atoms with Crippen molar-refractivity contribution in [2.45, 2.75) is 31.8 Å². The van der Waals surface area contributed by atoms with Crippen LogP contribution in [-0.4, -0.2) is 17.0 Å². The molecule has 1 aliphatic heterocycles. The van der Waals surface area contributed by atoms with Crippen LogP contribution in [0, 0.1) is 5.92 Å². The van der Waals surface area contributed by atoms with Gasteiger partial charge in [0.2, 0.25) is 0 Å². The summed E-state index contributed by atoms with van der Waals surface area (Å²) in [5.41, 5.74) is -0.00556. The van der Waals surface area contributed by atoms with E-state index >= 15 is 0 Å². The molecule has 110 valence electrons. The second-order valence-electron chi connectivity index (χ2n) is 5.10. The van der Waals surface area contributed by atoms with E-state index in [-0.39, 0.29) is 0 Å². The lowest BCUT2D eigenvalue weighted by Gasteiger charge is -2.13. The lowest BCUT2D eigenvalue weighted by atomic mass is 10.1. The van der Waals surface area contributed by atoms with Gasteiger partial charge in [0.25, 0.3) is 0 Å². The predicted octanol–water partition coefficient (Wildman–Crippen LogP) is 3.92. The molecule has 20 heavy (non-hydrogen) atoms. The van der Waals surface area contributed by atoms with Gasteiger partial charge < -0.3 is 5.32 Å². The lowest BCUT2D eigenvalue weighted by Crippen LogP contribution is -2.20. The maximum Gasteiger partial charge on any atom is 0.416 e. The Morgan fingerprint density at radius 3 is 2.75 bits per heavy atom. The van der Waals surface area contributed by atoms with Crippen LogP contribution < -0.4 is 5.32 Å². The second-order valence-corrected chi connectivity index (χ2v) is 6.33. The maximum absolute atomic E-state index is 12.6. The zero-order valence-electron chi connectivity index (χ0n) is 11.4. The predicted molar refractivity (Wildman–Crippen MR) is 76.8 cm³/mol. The molecule has 1 atom stereocenters. The van der Waals surface area contributed by atoms with E-state index in [0.717, 1.165) is 17.8 Å². The number of alkyl halides is 3. The first kappa shape index (κ1) is 15.2. The van der Waals surface area contributed by atoms with Gasteiger partial charge in [-0.1, -0.05) is 37.7 Å². The van der Waals surface area contributed by atoms with Gasteiger partial charge >= 0.3 is 6.18 Å². The standard InChI is InChI=1S/C14H17F3N2S/c1-9(2)12-8-19-13(20-12)18-7-10-4-3-5-11(6-10)14(15,16)17/h3-6,9,12H,7-8H2,1-2H3,(H,18,19). The molecule has 0 bridgehead atoms. The maximum atomic E-state index is 12.6. The van der Waals surface area contributed by atoms with Crippen molar-refractivity contribution in [3.63, 3.8) is 0 Å². The lowest BCUT2D eigenvalue weighted by molar-refractivity contribution is -0.137. The third-order valence-corrected chi connectivity index (χ3v) is 4.61. The highest BCUT2D eigenvalue weighted by Crippen LogP contribution is 2.30. The number of benzene rings is 1. The van der Waals surface area contributed by atoms with Gasteiger partial charge in [0, 0.05) is 11.8 Å². The van der Waals surface area contributed by atoms with Crippen LogP contribution in [0.4, 0.5) is 13.2 Å². The van der Waals surface area contributed by atoms with Crippen LogP contribution in [0.3, 0.4) is 0 Å². The van der Waals surface area contributed by atoms with E-state index in [2.05, 4.69) is 24.2 Å². The van der Waals surface area contributed by atoms with Gasteiger partial charge in [0.15, 0.2) is 5.17 Å². The highest BCUT2D eigenvalue weighted by molar-refractivity contribution is 8.14. The number of nitrogens with zero attached hydrogens (tertiary/aromatic N) is 1. The van der Waals surface area contributed by atoms with Gasteiger partial charge in [-0.3, -0.25) is 4.99 Å². The van der Waals surface area contributed by atoms with E-state index in [1.807, 2.05) is 0 Å². The molecule has 1 aliphatic rings. The molecule has 1 heterocycles. The normalized spacial score (nSPS) is 19.3. The van der Waals surface area contributed by atoms with Gasteiger partial charge in [0.05, 0.1) is 12.1 Å². The van der Waals surface area contributed by atoms with E-state index in [4.69, 9.17) is 0 Å². The number of hydrogen-bond donors (Lipinski definition) is 1. The Kier molecular flexibility index (Phi) is 4.62. The van der Waals surface area contributed by atoms with Gasteiger partial charge in [-0.15, -0.1) is 0 Å². The van der Waals surface area contributed by atoms with Crippen molar-refractivity contribution in [2.24, 2.45) is 10.9 Å². The SMILES string of the molecule is CC(C)C1CN=C(NCc2cccc(C(F)(F)F)c2)S1. The zero-order valence-corrected chi connectivity index (χ0v) is 12.2. The highest BCUT2D eigenvalue weighted by Gasteiger charge is 2.30. The molecule has 0 spiro atoms. The van der Waals surface area contributed by atoms with Crippen LogP contribution >= 0.6 is 11.8 Å². The molecule has 0 saturated carbocycles. The topological polar surface area (TPSA) is 24.4 Å². The van der Waals surface area contributed by atoms with E-state index in [9.17, 15) is 13.2 Å². The van der Waals surface area contributed by atoms with Crippen molar-refractivity contribution in [1.82, 2.24) is 5.32 Å². The van der Waals surface area contributed by atoms with E-state index in [1.54, 1.807) is 17.8 Å². The van der Waals surface area contributed by atoms with Crippen LogP contribution in [0.1, 0.15) is 25.0 Å². The Balaban J connectivity index is 1.92. The molecule has 0 fully saturated rings. The van der Waals surface area contributed by atoms with Crippen molar-refractivity contribution < 1.29 is 13.2 Å². The molecular formula is C14H17F3N2S. The molecular weight excluding hydrogens is 285 g/mol. The minimum atomic E-state index is -4.29. The number of halogens is 3. The smallest absolute Gasteiger partial charge is 0.361 e. The molecule has 2 nitrogen and oxygen atoms in total. The fourth-order valence-electron chi connectivity index (χ4n) is 1.87. The summed E-state index contributed by atoms with van der Waals surface area (Å²) in [5.74, 6) is 0.539. The number of aliphatic imine (C=N–C) groups is 1. The summed E-state index contributed by atoms with van der Waals surface area (Å²) in [4.78, 5) is 4.37. The number of amidine groups is 1. The van der Waals surface area contributed by atoms with Crippen molar-refractivity contribution in [2.75, 3.05) is 6.54 Å². The van der Waals surface area contributed by atoms with Crippen LogP contribution in [0.25, 0.3) is 0 Å². The fourth-order valence-corrected chi connectivity index (χ4v) is 2.88. The van der Waals surface area contributed by atoms with E-state index < -0.39 is 11.7 Å². The summed E-state index contributed by atoms with van der Waals surface area (Å²) in [6, 6.07) is 5.37. The van der Waals surface area contributed by atoms with Crippen LogP contribution in [-0.2, 0) is 12.7 Å². The average Bonchev–Trinajstić information content (AvgIpc) is 2.85. The van der Waals surface area contributed by atoms with Gasteiger partial charge in [-0.25, -0.2) is 0 Å². The molecule has 0 amide bonds. The molecule has 0 aliphatic carbocycles. The minimum Gasteiger partial charge on any atom is -0.361 e. The molecule has 1 N–H and O–H groups in total. The average molecular weight is 302 g/mol. The number of hydrogen-bond acceptors (Lipinski definition) is 3. The van der Waals surface area contributed by atoms with E-state index in [1.165, 1.54) is 12.1 Å². The first-order chi connectivity index (χ1) is 9.36. The Bertz CT molecular complexity index is 497. The molecule has 0 radical (unpaired) electrons. The van der Waals surface area contributed by atoms with Crippen molar-refractivity contribution in [3.05, 3.63) is 35.4 Å². The minimum absolute atomic E-state index is 0.362. The van der Waals surface area contributed by atoms with Crippen LogP contribution in [0.5, 0.6) is 0 Å². The zero-order chi connectivity index (χ0) is 14.8. The summed E-state index contributed by atoms with van der Waals surface area (Å²) in [5, 5.41) is 4.38. The largest absolute Gasteiger partial charge is 0.416 e. The molecule has 0 saturated heterocycles. The number of thioether (sulfide) groups is 1. The first-order valence-electron chi connectivity index (χ1n) is 6.47. The summed E-state index contributed by atoms with van der Waals surface area (Å²) in [6.07, 6.45) is -4.29. The monoisotopic (exact) mass is 302 g/mol. The Morgan fingerprint density at radius 1 is 1.40 bits per heavy atom. The van der Waals surface area contributed by atoms with Gasteiger partial charge in [0.1, 0.15) is 0 Å². The third kappa shape index (κ3) is 3.91. The Hall–Kier alpha value is -1.17. The molecule has 1 aromatic rings. The van der Waals surface area contributed by atoms with Crippen molar-refractivity contribution in [1.29, 1.82) is 0 Å². The van der Waals surface area contributed by atoms with Crippen molar-refractivity contribution >= 4 is 16.9 Å².